The SMILES string of the molecule is CCCC[CH]CS(=O)(=O)O. The lowest BCUT2D eigenvalue weighted by molar-refractivity contribution is 0.484. The first kappa shape index (κ1) is 9.91. The molecule has 0 unspecified atom stereocenters. The van der Waals surface area contributed by atoms with E-state index in [1.54, 1.807) is 6.42 Å². The van der Waals surface area contributed by atoms with E-state index in [9.17, 15) is 8.42 Å². The first-order chi connectivity index (χ1) is 4.56. The Morgan fingerprint density at radius 3 is 2.50 bits per heavy atom. The zero-order valence-electron chi connectivity index (χ0n) is 6.08. The highest BCUT2D eigenvalue weighted by Crippen LogP contribution is 1.99. The van der Waals surface area contributed by atoms with Crippen molar-refractivity contribution in [1.29, 1.82) is 0 Å². The summed E-state index contributed by atoms with van der Waals surface area (Å²) in [5, 5.41) is 0. The molecule has 0 saturated heterocycles. The molecular weight excluding hydrogens is 152 g/mol. The van der Waals surface area contributed by atoms with E-state index in [0.29, 0.717) is 0 Å². The Morgan fingerprint density at radius 2 is 2.10 bits per heavy atom. The van der Waals surface area contributed by atoms with Crippen molar-refractivity contribution in [3.8, 4) is 0 Å². The van der Waals surface area contributed by atoms with Crippen LogP contribution in [-0.2, 0) is 10.1 Å². The maximum Gasteiger partial charge on any atom is 0.265 e. The summed E-state index contributed by atoms with van der Waals surface area (Å²) in [4.78, 5) is 0. The van der Waals surface area contributed by atoms with E-state index in [2.05, 4.69) is 0 Å². The molecule has 4 heteroatoms. The highest BCUT2D eigenvalue weighted by atomic mass is 32.2. The molecule has 0 aromatic carbocycles. The molecule has 0 aliphatic carbocycles. The molecule has 0 aromatic rings. The standard InChI is InChI=1S/C6H13O3S/c1-2-3-4-5-6-10(7,8)9/h5H,2-4,6H2,1H3,(H,7,8,9). The molecule has 0 aliphatic rings. The highest BCUT2D eigenvalue weighted by molar-refractivity contribution is 7.85. The molecule has 0 saturated carbocycles. The molecule has 1 N–H and O–H groups in total. The largest absolute Gasteiger partial charge is 0.286 e. The van der Waals surface area contributed by atoms with Crippen LogP contribution in [0.25, 0.3) is 0 Å². The van der Waals surface area contributed by atoms with Crippen molar-refractivity contribution in [3.05, 3.63) is 6.42 Å². The summed E-state index contributed by atoms with van der Waals surface area (Å²) >= 11 is 0. The molecule has 0 spiro atoms. The quantitative estimate of drug-likeness (QED) is 0.493. The van der Waals surface area contributed by atoms with Crippen molar-refractivity contribution < 1.29 is 13.0 Å². The van der Waals surface area contributed by atoms with Gasteiger partial charge >= 0.3 is 0 Å². The topological polar surface area (TPSA) is 54.4 Å². The van der Waals surface area contributed by atoms with Gasteiger partial charge in [-0.25, -0.2) is 0 Å². The Labute approximate surface area is 62.2 Å². The van der Waals surface area contributed by atoms with Gasteiger partial charge in [-0.05, 0) is 12.8 Å². The lowest BCUT2D eigenvalue weighted by Crippen LogP contribution is -2.03. The molecule has 0 rings (SSSR count). The van der Waals surface area contributed by atoms with Crippen molar-refractivity contribution >= 4 is 10.1 Å². The minimum atomic E-state index is -3.76. The van der Waals surface area contributed by atoms with Crippen LogP contribution < -0.4 is 0 Å². The van der Waals surface area contributed by atoms with Crippen LogP contribution in [-0.4, -0.2) is 18.7 Å². The Balaban J connectivity index is 3.21. The van der Waals surface area contributed by atoms with Crippen LogP contribution in [0.1, 0.15) is 26.2 Å². The number of unbranched alkanes of at least 4 members (excludes halogenated alkanes) is 3. The lowest BCUT2D eigenvalue weighted by atomic mass is 10.2. The van der Waals surface area contributed by atoms with Crippen molar-refractivity contribution in [2.45, 2.75) is 26.2 Å². The van der Waals surface area contributed by atoms with Crippen molar-refractivity contribution in [1.82, 2.24) is 0 Å². The molecule has 0 aromatic heterocycles. The molecule has 0 amide bonds. The second kappa shape index (κ2) is 4.68. The van der Waals surface area contributed by atoms with E-state index >= 15 is 0 Å². The van der Waals surface area contributed by atoms with Gasteiger partial charge in [-0.1, -0.05) is 19.8 Å². The third kappa shape index (κ3) is 7.91. The molecule has 10 heavy (non-hydrogen) atoms. The number of hydrogen-bond donors (Lipinski definition) is 1. The number of hydrogen-bond acceptors (Lipinski definition) is 2. The molecule has 0 fully saturated rings. The van der Waals surface area contributed by atoms with Gasteiger partial charge in [0, 0.05) is 0 Å². The van der Waals surface area contributed by atoms with Crippen LogP contribution in [0.3, 0.4) is 0 Å². The molecule has 0 aliphatic heterocycles. The second-order valence-electron chi connectivity index (χ2n) is 2.18. The lowest BCUT2D eigenvalue weighted by Gasteiger charge is -1.94. The zero-order chi connectivity index (χ0) is 8.04. The molecule has 0 bridgehead atoms. The fourth-order valence-corrected chi connectivity index (χ4v) is 1.05. The van der Waals surface area contributed by atoms with Gasteiger partial charge < -0.3 is 0 Å². The summed E-state index contributed by atoms with van der Waals surface area (Å²) in [6.45, 7) is 2.03. The third-order valence-corrected chi connectivity index (χ3v) is 1.75. The monoisotopic (exact) mass is 165 g/mol. The Morgan fingerprint density at radius 1 is 1.50 bits per heavy atom. The summed E-state index contributed by atoms with van der Waals surface area (Å²) in [5.74, 6) is -0.215. The summed E-state index contributed by atoms with van der Waals surface area (Å²) in [5.41, 5.74) is 0. The minimum Gasteiger partial charge on any atom is -0.286 e. The maximum absolute atomic E-state index is 10.1. The Bertz CT molecular complexity index is 160. The summed E-state index contributed by atoms with van der Waals surface area (Å²) in [6.07, 6.45) is 4.37. The molecule has 61 valence electrons. The van der Waals surface area contributed by atoms with Crippen LogP contribution in [0.5, 0.6) is 0 Å². The predicted molar refractivity (Wildman–Crippen MR) is 40.2 cm³/mol. The fraction of sp³-hybridized carbons (Fsp3) is 0.833. The van der Waals surface area contributed by atoms with Crippen LogP contribution in [0.2, 0.25) is 0 Å². The van der Waals surface area contributed by atoms with E-state index in [0.717, 1.165) is 19.3 Å². The summed E-state index contributed by atoms with van der Waals surface area (Å²) < 4.78 is 28.5. The van der Waals surface area contributed by atoms with Crippen molar-refractivity contribution in [2.24, 2.45) is 0 Å². The Hall–Kier alpha value is -0.0900. The van der Waals surface area contributed by atoms with Gasteiger partial charge in [-0.3, -0.25) is 4.55 Å². The average molecular weight is 165 g/mol. The van der Waals surface area contributed by atoms with E-state index < -0.39 is 10.1 Å². The summed E-state index contributed by atoms with van der Waals surface area (Å²) in [6, 6.07) is 0. The maximum atomic E-state index is 10.1. The third-order valence-electron chi connectivity index (χ3n) is 1.09. The minimum absolute atomic E-state index is 0.215. The van der Waals surface area contributed by atoms with E-state index in [1.807, 2.05) is 6.92 Å². The van der Waals surface area contributed by atoms with Crippen LogP contribution in [0.4, 0.5) is 0 Å². The van der Waals surface area contributed by atoms with Gasteiger partial charge in [0.15, 0.2) is 0 Å². The average Bonchev–Trinajstić information content (AvgIpc) is 1.78. The second-order valence-corrected chi connectivity index (χ2v) is 3.68. The van der Waals surface area contributed by atoms with E-state index in [-0.39, 0.29) is 5.75 Å². The van der Waals surface area contributed by atoms with E-state index in [1.165, 1.54) is 0 Å². The molecule has 0 atom stereocenters. The first-order valence-corrected chi connectivity index (χ1v) is 4.94. The van der Waals surface area contributed by atoms with Gasteiger partial charge in [0.1, 0.15) is 0 Å². The number of rotatable bonds is 5. The molecule has 0 heterocycles. The first-order valence-electron chi connectivity index (χ1n) is 3.33. The van der Waals surface area contributed by atoms with Gasteiger partial charge in [0.25, 0.3) is 10.1 Å². The van der Waals surface area contributed by atoms with Crippen LogP contribution in [0.15, 0.2) is 0 Å². The fourth-order valence-electron chi connectivity index (χ4n) is 0.581. The summed E-state index contributed by atoms with van der Waals surface area (Å²) in [7, 11) is -3.76. The van der Waals surface area contributed by atoms with Crippen LogP contribution >= 0.6 is 0 Å². The predicted octanol–water partition coefficient (Wildman–Crippen LogP) is 1.27. The molecule has 1 radical (unpaired) electrons. The van der Waals surface area contributed by atoms with Gasteiger partial charge in [-0.15, -0.1) is 0 Å². The Kier molecular flexibility index (Phi) is 4.64. The molecule has 3 nitrogen and oxygen atoms in total. The molecular formula is C6H13O3S. The van der Waals surface area contributed by atoms with Crippen molar-refractivity contribution in [3.63, 3.8) is 0 Å². The smallest absolute Gasteiger partial charge is 0.265 e. The zero-order valence-corrected chi connectivity index (χ0v) is 6.89. The van der Waals surface area contributed by atoms with E-state index in [4.69, 9.17) is 4.55 Å². The normalized spacial score (nSPS) is 11.8. The van der Waals surface area contributed by atoms with Crippen LogP contribution in [0, 0.1) is 6.42 Å². The van der Waals surface area contributed by atoms with Crippen molar-refractivity contribution in [2.75, 3.05) is 5.75 Å². The van der Waals surface area contributed by atoms with Gasteiger partial charge in [-0.2, -0.15) is 8.42 Å². The van der Waals surface area contributed by atoms with Gasteiger partial charge in [0.2, 0.25) is 0 Å². The van der Waals surface area contributed by atoms with Gasteiger partial charge in [0.05, 0.1) is 5.75 Å². The highest BCUT2D eigenvalue weighted by Gasteiger charge is 2.02.